The Balaban J connectivity index is 2.28. The lowest BCUT2D eigenvalue weighted by Gasteiger charge is -2.06. The molecule has 0 radical (unpaired) electrons. The number of aryl methyl sites for hydroxylation is 1. The highest BCUT2D eigenvalue weighted by atomic mass is 19.1. The second-order valence-electron chi connectivity index (χ2n) is 4.15. The van der Waals surface area contributed by atoms with Crippen LogP contribution in [-0.4, -0.2) is 0 Å². The van der Waals surface area contributed by atoms with Crippen LogP contribution in [0.25, 0.3) is 0 Å². The van der Waals surface area contributed by atoms with Gasteiger partial charge in [-0.15, -0.1) is 0 Å². The first-order valence-electron chi connectivity index (χ1n) is 4.83. The van der Waals surface area contributed by atoms with Crippen LogP contribution in [0.3, 0.4) is 0 Å². The SMILES string of the molecule is NC1CC2CCc3cc(F)cc1c32. The number of nitrogens with two attached hydrogens (primary N) is 1. The molecule has 3 rings (SSSR count). The van der Waals surface area contributed by atoms with Crippen LogP contribution in [0.1, 0.15) is 41.5 Å². The van der Waals surface area contributed by atoms with Crippen molar-refractivity contribution in [2.24, 2.45) is 5.73 Å². The number of rotatable bonds is 0. The highest BCUT2D eigenvalue weighted by molar-refractivity contribution is 5.47. The summed E-state index contributed by atoms with van der Waals surface area (Å²) in [6.45, 7) is 0. The fraction of sp³-hybridized carbons (Fsp3) is 0.455. The van der Waals surface area contributed by atoms with Crippen LogP contribution >= 0.6 is 0 Å². The van der Waals surface area contributed by atoms with Gasteiger partial charge in [0, 0.05) is 6.04 Å². The maximum Gasteiger partial charge on any atom is 0.123 e. The molecule has 0 saturated heterocycles. The molecule has 0 fully saturated rings. The number of halogens is 1. The van der Waals surface area contributed by atoms with E-state index in [2.05, 4.69) is 0 Å². The van der Waals surface area contributed by atoms with Gasteiger partial charge in [-0.2, -0.15) is 0 Å². The molecule has 0 heterocycles. The summed E-state index contributed by atoms with van der Waals surface area (Å²) in [7, 11) is 0. The standard InChI is InChI=1S/C11H12FN/c12-8-3-6-1-2-7-4-10(13)9(5-8)11(6)7/h3,5,7,10H,1-2,4,13H2. The van der Waals surface area contributed by atoms with Crippen molar-refractivity contribution in [3.8, 4) is 0 Å². The molecule has 0 amide bonds. The van der Waals surface area contributed by atoms with E-state index >= 15 is 0 Å². The summed E-state index contributed by atoms with van der Waals surface area (Å²) in [6.07, 6.45) is 3.22. The van der Waals surface area contributed by atoms with Crippen LogP contribution in [-0.2, 0) is 6.42 Å². The summed E-state index contributed by atoms with van der Waals surface area (Å²) < 4.78 is 13.1. The van der Waals surface area contributed by atoms with Gasteiger partial charge >= 0.3 is 0 Å². The Labute approximate surface area is 76.7 Å². The zero-order valence-corrected chi connectivity index (χ0v) is 7.39. The quantitative estimate of drug-likeness (QED) is 0.646. The van der Waals surface area contributed by atoms with Crippen molar-refractivity contribution in [1.29, 1.82) is 0 Å². The molecule has 2 unspecified atom stereocenters. The van der Waals surface area contributed by atoms with Gasteiger partial charge in [0.25, 0.3) is 0 Å². The normalized spacial score (nSPS) is 29.4. The molecule has 68 valence electrons. The molecule has 2 atom stereocenters. The maximum absolute atomic E-state index is 13.1. The minimum absolute atomic E-state index is 0.0785. The fourth-order valence-electron chi connectivity index (χ4n) is 2.85. The van der Waals surface area contributed by atoms with Crippen molar-refractivity contribution in [2.45, 2.75) is 31.2 Å². The third-order valence-corrected chi connectivity index (χ3v) is 3.37. The average Bonchev–Trinajstić information content (AvgIpc) is 2.59. The van der Waals surface area contributed by atoms with Crippen LogP contribution in [0.4, 0.5) is 4.39 Å². The van der Waals surface area contributed by atoms with Crippen LogP contribution in [0.15, 0.2) is 12.1 Å². The Morgan fingerprint density at radius 3 is 3.08 bits per heavy atom. The summed E-state index contributed by atoms with van der Waals surface area (Å²) in [4.78, 5) is 0. The molecule has 2 aliphatic rings. The van der Waals surface area contributed by atoms with Gasteiger partial charge in [0.15, 0.2) is 0 Å². The van der Waals surface area contributed by atoms with Crippen molar-refractivity contribution >= 4 is 0 Å². The average molecular weight is 177 g/mol. The van der Waals surface area contributed by atoms with Gasteiger partial charge in [0.1, 0.15) is 5.82 Å². The van der Waals surface area contributed by atoms with E-state index in [1.165, 1.54) is 17.5 Å². The third-order valence-electron chi connectivity index (χ3n) is 3.37. The molecule has 2 N–H and O–H groups in total. The van der Waals surface area contributed by atoms with Gasteiger partial charge in [-0.1, -0.05) is 0 Å². The Hall–Kier alpha value is -0.890. The van der Waals surface area contributed by atoms with Crippen LogP contribution in [0.5, 0.6) is 0 Å². The van der Waals surface area contributed by atoms with Crippen LogP contribution < -0.4 is 5.73 Å². The van der Waals surface area contributed by atoms with Crippen molar-refractivity contribution in [3.05, 3.63) is 34.6 Å². The molecule has 0 spiro atoms. The summed E-state index contributed by atoms with van der Waals surface area (Å²) in [6, 6.07) is 3.38. The van der Waals surface area contributed by atoms with Gasteiger partial charge in [0.05, 0.1) is 0 Å². The van der Waals surface area contributed by atoms with E-state index < -0.39 is 0 Å². The first-order chi connectivity index (χ1) is 6.25. The highest BCUT2D eigenvalue weighted by Gasteiger charge is 2.34. The zero-order chi connectivity index (χ0) is 9.00. The molecule has 2 aliphatic carbocycles. The van der Waals surface area contributed by atoms with Crippen LogP contribution in [0, 0.1) is 5.82 Å². The Kier molecular flexibility index (Phi) is 1.34. The van der Waals surface area contributed by atoms with Gasteiger partial charge in [-0.05, 0) is 54.0 Å². The van der Waals surface area contributed by atoms with E-state index in [4.69, 9.17) is 5.73 Å². The highest BCUT2D eigenvalue weighted by Crippen LogP contribution is 2.48. The molecule has 0 saturated carbocycles. The molecule has 1 aromatic rings. The number of benzene rings is 1. The lowest BCUT2D eigenvalue weighted by atomic mass is 10.0. The maximum atomic E-state index is 13.1. The van der Waals surface area contributed by atoms with Gasteiger partial charge in [0.2, 0.25) is 0 Å². The number of hydrogen-bond donors (Lipinski definition) is 1. The zero-order valence-electron chi connectivity index (χ0n) is 7.39. The molecule has 2 heteroatoms. The molecule has 0 bridgehead atoms. The Bertz CT molecular complexity index is 373. The molecule has 13 heavy (non-hydrogen) atoms. The second kappa shape index (κ2) is 2.32. The summed E-state index contributed by atoms with van der Waals surface area (Å²) in [5, 5.41) is 0. The fourth-order valence-corrected chi connectivity index (χ4v) is 2.85. The minimum Gasteiger partial charge on any atom is -0.324 e. The molecular formula is C11H12FN. The lowest BCUT2D eigenvalue weighted by Crippen LogP contribution is -2.07. The topological polar surface area (TPSA) is 26.0 Å². The largest absolute Gasteiger partial charge is 0.324 e. The second-order valence-corrected chi connectivity index (χ2v) is 4.15. The van der Waals surface area contributed by atoms with E-state index in [1.54, 1.807) is 12.1 Å². The first-order valence-corrected chi connectivity index (χ1v) is 4.83. The lowest BCUT2D eigenvalue weighted by molar-refractivity contribution is 0.582. The van der Waals surface area contributed by atoms with Crippen molar-refractivity contribution in [1.82, 2.24) is 0 Å². The van der Waals surface area contributed by atoms with E-state index in [1.807, 2.05) is 0 Å². The molecule has 1 aromatic carbocycles. The predicted octanol–water partition coefficient (Wildman–Crippen LogP) is 2.26. The smallest absolute Gasteiger partial charge is 0.123 e. The van der Waals surface area contributed by atoms with E-state index in [-0.39, 0.29) is 11.9 Å². The first kappa shape index (κ1) is 7.51. The number of hydrogen-bond acceptors (Lipinski definition) is 1. The summed E-state index contributed by atoms with van der Waals surface area (Å²) in [5.74, 6) is 0.507. The minimum atomic E-state index is -0.119. The summed E-state index contributed by atoms with van der Waals surface area (Å²) in [5.41, 5.74) is 9.58. The Morgan fingerprint density at radius 2 is 2.23 bits per heavy atom. The van der Waals surface area contributed by atoms with Gasteiger partial charge in [-0.3, -0.25) is 0 Å². The van der Waals surface area contributed by atoms with Crippen molar-refractivity contribution in [3.63, 3.8) is 0 Å². The Morgan fingerprint density at radius 1 is 1.38 bits per heavy atom. The van der Waals surface area contributed by atoms with Gasteiger partial charge in [-0.25, -0.2) is 4.39 Å². The van der Waals surface area contributed by atoms with E-state index in [0.29, 0.717) is 5.92 Å². The predicted molar refractivity (Wildman–Crippen MR) is 49.0 cm³/mol. The molecular weight excluding hydrogens is 165 g/mol. The molecule has 0 aromatic heterocycles. The van der Waals surface area contributed by atoms with Crippen molar-refractivity contribution in [2.75, 3.05) is 0 Å². The molecule has 0 aliphatic heterocycles. The monoisotopic (exact) mass is 177 g/mol. The third kappa shape index (κ3) is 0.894. The van der Waals surface area contributed by atoms with Crippen LogP contribution in [0.2, 0.25) is 0 Å². The summed E-state index contributed by atoms with van der Waals surface area (Å²) >= 11 is 0. The van der Waals surface area contributed by atoms with Crippen molar-refractivity contribution < 1.29 is 4.39 Å². The van der Waals surface area contributed by atoms with Gasteiger partial charge < -0.3 is 5.73 Å². The van der Waals surface area contributed by atoms with E-state index in [9.17, 15) is 4.39 Å². The molecule has 1 nitrogen and oxygen atoms in total. The van der Waals surface area contributed by atoms with E-state index in [0.717, 1.165) is 18.4 Å².